The average molecular weight is 474 g/mol. The molecule has 182 valence electrons. The van der Waals surface area contributed by atoms with Gasteiger partial charge < -0.3 is 14.3 Å². The molecule has 6 nitrogen and oxygen atoms in total. The Balaban J connectivity index is 1.94. The predicted octanol–water partition coefficient (Wildman–Crippen LogP) is 6.22. The van der Waals surface area contributed by atoms with Gasteiger partial charge in [-0.25, -0.2) is 0 Å². The van der Waals surface area contributed by atoms with E-state index in [-0.39, 0.29) is 16.7 Å². The Labute approximate surface area is 205 Å². The number of ketones is 1. The van der Waals surface area contributed by atoms with Crippen molar-refractivity contribution < 1.29 is 23.8 Å². The summed E-state index contributed by atoms with van der Waals surface area (Å²) in [6, 6.07) is 15.3. The van der Waals surface area contributed by atoms with Crippen LogP contribution in [0, 0.1) is 13.8 Å². The van der Waals surface area contributed by atoms with Gasteiger partial charge in [-0.05, 0) is 74.2 Å². The van der Waals surface area contributed by atoms with E-state index in [1.807, 2.05) is 38.1 Å². The normalized spacial score (nSPS) is 17.8. The fraction of sp³-hybridized carbons (Fsp3) is 0.310. The molecule has 1 aromatic heterocycles. The van der Waals surface area contributed by atoms with Crippen LogP contribution in [0.3, 0.4) is 0 Å². The first-order chi connectivity index (χ1) is 16.5. The number of rotatable bonds is 5. The van der Waals surface area contributed by atoms with Crippen LogP contribution < -0.4 is 9.64 Å². The second-order valence-corrected chi connectivity index (χ2v) is 9.85. The molecule has 0 aliphatic carbocycles. The van der Waals surface area contributed by atoms with E-state index >= 15 is 0 Å². The van der Waals surface area contributed by atoms with Crippen molar-refractivity contribution in [3.63, 3.8) is 0 Å². The highest BCUT2D eigenvalue weighted by atomic mass is 16.5. The highest BCUT2D eigenvalue weighted by Crippen LogP contribution is 2.43. The van der Waals surface area contributed by atoms with Crippen molar-refractivity contribution in [3.8, 4) is 5.75 Å². The predicted molar refractivity (Wildman–Crippen MR) is 136 cm³/mol. The second kappa shape index (κ2) is 9.10. The maximum atomic E-state index is 13.4. The molecule has 1 N–H and O–H groups in total. The number of furan rings is 1. The molecule has 0 spiro atoms. The SMILES string of the molecule is CCOc1ccc(/C(O)=C2/C(=O)C(=O)N(c3cccc(C)c3)C2c2ccc(C)o2)cc1C(C)(C)C. The van der Waals surface area contributed by atoms with Crippen LogP contribution >= 0.6 is 0 Å². The second-order valence-electron chi connectivity index (χ2n) is 9.85. The summed E-state index contributed by atoms with van der Waals surface area (Å²) in [5.41, 5.74) is 2.56. The zero-order valence-electron chi connectivity index (χ0n) is 21.0. The van der Waals surface area contributed by atoms with E-state index < -0.39 is 17.7 Å². The van der Waals surface area contributed by atoms with Gasteiger partial charge >= 0.3 is 0 Å². The molecular formula is C29H31NO5. The lowest BCUT2D eigenvalue weighted by atomic mass is 9.84. The van der Waals surface area contributed by atoms with Crippen LogP contribution in [0.5, 0.6) is 5.75 Å². The number of benzene rings is 2. The molecule has 1 unspecified atom stereocenters. The summed E-state index contributed by atoms with van der Waals surface area (Å²) >= 11 is 0. The molecule has 0 saturated carbocycles. The molecule has 0 bridgehead atoms. The van der Waals surface area contributed by atoms with Crippen molar-refractivity contribution >= 4 is 23.1 Å². The third-order valence-corrected chi connectivity index (χ3v) is 6.12. The third kappa shape index (κ3) is 4.48. The van der Waals surface area contributed by atoms with Crippen LogP contribution in [-0.2, 0) is 15.0 Å². The van der Waals surface area contributed by atoms with Gasteiger partial charge in [-0.15, -0.1) is 0 Å². The molecule has 1 fully saturated rings. The Hall–Kier alpha value is -3.80. The number of carbonyl (C=O) groups is 2. The summed E-state index contributed by atoms with van der Waals surface area (Å²) in [4.78, 5) is 28.0. The number of hydrogen-bond donors (Lipinski definition) is 1. The van der Waals surface area contributed by atoms with Gasteiger partial charge in [-0.1, -0.05) is 32.9 Å². The molecule has 1 saturated heterocycles. The molecule has 1 atom stereocenters. The van der Waals surface area contributed by atoms with Crippen LogP contribution in [0.2, 0.25) is 0 Å². The molecule has 2 aromatic carbocycles. The topological polar surface area (TPSA) is 80.0 Å². The number of aryl methyl sites for hydroxylation is 2. The largest absolute Gasteiger partial charge is 0.507 e. The minimum atomic E-state index is -0.893. The van der Waals surface area contributed by atoms with Gasteiger partial charge in [0.2, 0.25) is 0 Å². The average Bonchev–Trinajstić information content (AvgIpc) is 3.34. The Bertz CT molecular complexity index is 1320. The smallest absolute Gasteiger partial charge is 0.300 e. The molecule has 2 heterocycles. The Morgan fingerprint density at radius 2 is 1.80 bits per heavy atom. The van der Waals surface area contributed by atoms with Crippen molar-refractivity contribution in [1.82, 2.24) is 0 Å². The van der Waals surface area contributed by atoms with Crippen LogP contribution in [0.15, 0.2) is 64.6 Å². The van der Waals surface area contributed by atoms with E-state index in [0.29, 0.717) is 29.4 Å². The standard InChI is InChI=1S/C29H31NO5/c1-7-34-22-14-12-19(16-21(22)29(4,5)6)26(31)24-25(23-13-11-18(3)35-23)30(28(33)27(24)32)20-10-8-9-17(2)15-20/h8-16,25,31H,7H2,1-6H3/b26-24-. The van der Waals surface area contributed by atoms with Crippen LogP contribution in [0.4, 0.5) is 5.69 Å². The van der Waals surface area contributed by atoms with Gasteiger partial charge in [-0.3, -0.25) is 14.5 Å². The Kier molecular flexibility index (Phi) is 6.32. The van der Waals surface area contributed by atoms with Crippen molar-refractivity contribution in [2.45, 2.75) is 53.0 Å². The zero-order valence-corrected chi connectivity index (χ0v) is 21.0. The number of carbonyl (C=O) groups excluding carboxylic acids is 2. The molecule has 3 aromatic rings. The lowest BCUT2D eigenvalue weighted by molar-refractivity contribution is -0.132. The van der Waals surface area contributed by atoms with Crippen LogP contribution in [0.25, 0.3) is 5.76 Å². The first-order valence-corrected chi connectivity index (χ1v) is 11.7. The van der Waals surface area contributed by atoms with Gasteiger partial charge in [0.05, 0.1) is 12.2 Å². The lowest BCUT2D eigenvalue weighted by Gasteiger charge is -2.25. The summed E-state index contributed by atoms with van der Waals surface area (Å²) < 4.78 is 11.7. The molecule has 1 amide bonds. The first-order valence-electron chi connectivity index (χ1n) is 11.7. The van der Waals surface area contributed by atoms with Gasteiger partial charge in [0.15, 0.2) is 0 Å². The maximum absolute atomic E-state index is 13.4. The molecule has 4 rings (SSSR count). The van der Waals surface area contributed by atoms with E-state index in [1.165, 1.54) is 4.90 Å². The van der Waals surface area contributed by atoms with Gasteiger partial charge in [0.25, 0.3) is 11.7 Å². The van der Waals surface area contributed by atoms with Crippen molar-refractivity contribution in [2.24, 2.45) is 0 Å². The quantitative estimate of drug-likeness (QED) is 0.270. The van der Waals surface area contributed by atoms with Gasteiger partial charge in [0.1, 0.15) is 29.1 Å². The van der Waals surface area contributed by atoms with Crippen LogP contribution in [0.1, 0.15) is 61.9 Å². The number of nitrogens with zero attached hydrogens (tertiary/aromatic N) is 1. The summed E-state index contributed by atoms with van der Waals surface area (Å²) in [6.07, 6.45) is 0. The monoisotopic (exact) mass is 473 g/mol. The fourth-order valence-corrected chi connectivity index (χ4v) is 4.45. The summed E-state index contributed by atoms with van der Waals surface area (Å²) in [5.74, 6) is 0.0613. The first kappa shape index (κ1) is 24.3. The molecule has 6 heteroatoms. The fourth-order valence-electron chi connectivity index (χ4n) is 4.45. The third-order valence-electron chi connectivity index (χ3n) is 6.12. The van der Waals surface area contributed by atoms with Crippen molar-refractivity contribution in [1.29, 1.82) is 0 Å². The lowest BCUT2D eigenvalue weighted by Crippen LogP contribution is -2.29. The maximum Gasteiger partial charge on any atom is 0.300 e. The Morgan fingerprint density at radius 3 is 2.40 bits per heavy atom. The van der Waals surface area contributed by atoms with Crippen molar-refractivity contribution in [2.75, 3.05) is 11.5 Å². The highest BCUT2D eigenvalue weighted by molar-refractivity contribution is 6.51. The molecule has 35 heavy (non-hydrogen) atoms. The van der Waals surface area contributed by atoms with Gasteiger partial charge in [-0.2, -0.15) is 0 Å². The van der Waals surface area contributed by atoms with E-state index in [4.69, 9.17) is 9.15 Å². The van der Waals surface area contributed by atoms with E-state index in [9.17, 15) is 14.7 Å². The summed E-state index contributed by atoms with van der Waals surface area (Å²) in [6.45, 7) is 12.3. The van der Waals surface area contributed by atoms with E-state index in [2.05, 4.69) is 20.8 Å². The number of anilines is 1. The van der Waals surface area contributed by atoms with E-state index in [0.717, 1.165) is 16.9 Å². The summed E-state index contributed by atoms with van der Waals surface area (Å²) in [7, 11) is 0. The minimum Gasteiger partial charge on any atom is -0.507 e. The number of amides is 1. The number of Topliss-reactive ketones (excluding diaryl/α,β-unsaturated/α-hetero) is 1. The molecule has 0 radical (unpaired) electrons. The summed E-state index contributed by atoms with van der Waals surface area (Å²) in [5, 5.41) is 11.5. The zero-order chi connectivity index (χ0) is 25.5. The van der Waals surface area contributed by atoms with Crippen LogP contribution in [-0.4, -0.2) is 23.4 Å². The number of aliphatic hydroxyl groups is 1. The molecule has 1 aliphatic heterocycles. The minimum absolute atomic E-state index is 0.00475. The van der Waals surface area contributed by atoms with E-state index in [1.54, 1.807) is 37.3 Å². The number of ether oxygens (including phenoxy) is 1. The van der Waals surface area contributed by atoms with Gasteiger partial charge in [0, 0.05) is 16.8 Å². The number of hydrogen-bond acceptors (Lipinski definition) is 5. The Morgan fingerprint density at radius 1 is 1.06 bits per heavy atom. The molecule has 1 aliphatic rings. The molecular weight excluding hydrogens is 442 g/mol. The van der Waals surface area contributed by atoms with Crippen molar-refractivity contribution in [3.05, 3.63) is 88.4 Å². The number of aliphatic hydroxyl groups excluding tert-OH is 1. The highest BCUT2D eigenvalue weighted by Gasteiger charge is 2.48.